The first-order valence-electron chi connectivity index (χ1n) is 17.5. The molecule has 0 atom stereocenters. The van der Waals surface area contributed by atoms with Gasteiger partial charge in [0.15, 0.2) is 0 Å². The number of carbonyl (C=O) groups is 4. The van der Waals surface area contributed by atoms with E-state index in [1.807, 2.05) is 27.7 Å². The third-order valence-corrected chi connectivity index (χ3v) is 9.03. The van der Waals surface area contributed by atoms with Crippen molar-refractivity contribution in [1.82, 2.24) is 0 Å². The number of unbranched alkanes of at least 4 members (excludes halogenated alkanes) is 8. The van der Waals surface area contributed by atoms with Gasteiger partial charge in [0.05, 0.1) is 58.5 Å². The topological polar surface area (TPSA) is 220 Å². The summed E-state index contributed by atoms with van der Waals surface area (Å²) in [6.07, 6.45) is 10.0. The molecule has 0 saturated carbocycles. The molecule has 0 heterocycles. The zero-order chi connectivity index (χ0) is 39.2. The smallest absolute Gasteiger partial charge is 0.744 e. The minimum Gasteiger partial charge on any atom is -0.744 e. The van der Waals surface area contributed by atoms with Crippen LogP contribution in [0.5, 0.6) is 0 Å². The van der Waals surface area contributed by atoms with Gasteiger partial charge in [-0.1, -0.05) is 79.1 Å². The average molecular weight is 811 g/mol. The Morgan fingerprint density at radius 3 is 0.925 bits per heavy atom. The van der Waals surface area contributed by atoms with E-state index in [2.05, 4.69) is 0 Å². The largest absolute Gasteiger partial charge is 2.00 e. The van der Waals surface area contributed by atoms with Crippen LogP contribution in [-0.4, -0.2) is 114 Å². The van der Waals surface area contributed by atoms with Crippen molar-refractivity contribution in [3.8, 4) is 0 Å². The number of esters is 4. The van der Waals surface area contributed by atoms with Crippen molar-refractivity contribution in [3.63, 3.8) is 0 Å². The van der Waals surface area contributed by atoms with Crippen LogP contribution < -0.4 is 0 Å². The molecule has 0 aliphatic heterocycles. The van der Waals surface area contributed by atoms with E-state index in [1.54, 1.807) is 0 Å². The molecule has 0 radical (unpaired) electrons. The molecule has 53 heavy (non-hydrogen) atoms. The molecule has 0 unspecified atom stereocenters. The molecule has 17 heteroatoms. The summed E-state index contributed by atoms with van der Waals surface area (Å²) >= 11 is 0. The van der Waals surface area contributed by atoms with Gasteiger partial charge in [0.1, 0.15) is 20.2 Å². The zero-order valence-electron chi connectivity index (χ0n) is 31.0. The summed E-state index contributed by atoms with van der Waals surface area (Å²) in [5.74, 6) is -3.22. The maximum atomic E-state index is 12.3. The van der Waals surface area contributed by atoms with E-state index in [0.717, 1.165) is 87.8 Å². The van der Waals surface area contributed by atoms with Gasteiger partial charge in [-0.15, -0.1) is 0 Å². The molecule has 0 saturated heterocycles. The van der Waals surface area contributed by atoms with Crippen molar-refractivity contribution >= 4 is 81.9 Å². The molecule has 0 aliphatic rings. The molecule has 2 aromatic carbocycles. The van der Waals surface area contributed by atoms with Crippen LogP contribution >= 0.6 is 0 Å². The summed E-state index contributed by atoms with van der Waals surface area (Å²) in [7, 11) is -9.53. The summed E-state index contributed by atoms with van der Waals surface area (Å²) in [5, 5.41) is 0. The Kier molecular flexibility index (Phi) is 25.7. The van der Waals surface area contributed by atoms with Gasteiger partial charge < -0.3 is 28.1 Å². The number of benzene rings is 2. The molecule has 0 aromatic heterocycles. The van der Waals surface area contributed by atoms with Crippen LogP contribution in [0.2, 0.25) is 0 Å². The maximum absolute atomic E-state index is 12.3. The van der Waals surface area contributed by atoms with Gasteiger partial charge in [-0.3, -0.25) is 0 Å². The molecule has 0 fully saturated rings. The number of rotatable bonds is 22. The van der Waals surface area contributed by atoms with E-state index in [9.17, 15) is 45.1 Å². The van der Waals surface area contributed by atoms with Crippen LogP contribution in [0.1, 0.15) is 146 Å². The molecular formula is C36H50CaO14S2. The van der Waals surface area contributed by atoms with E-state index in [4.69, 9.17) is 18.9 Å². The zero-order valence-corrected chi connectivity index (χ0v) is 34.9. The SMILES string of the molecule is CCCCCOC(=O)c1ccc(S(=O)(=O)[O-])cc1C(=O)OCCCCC.CCCCCOC(=O)c1ccc(S(=O)(=O)[O-])cc1C(=O)OCCCCC.[Ca+2]. The van der Waals surface area contributed by atoms with Gasteiger partial charge >= 0.3 is 61.6 Å². The fourth-order valence-electron chi connectivity index (χ4n) is 4.43. The fraction of sp³-hybridized carbons (Fsp3) is 0.556. The van der Waals surface area contributed by atoms with Crippen molar-refractivity contribution in [2.24, 2.45) is 0 Å². The van der Waals surface area contributed by atoms with Crippen LogP contribution in [-0.2, 0) is 39.2 Å². The molecule has 0 amide bonds. The second-order valence-electron chi connectivity index (χ2n) is 11.7. The molecular weight excluding hydrogens is 761 g/mol. The van der Waals surface area contributed by atoms with E-state index < -0.39 is 53.9 Å². The standard InChI is InChI=1S/2C18H26O7S.Ca/c2*1-3-5-7-11-24-17(19)15-10-9-14(26(21,22)23)13-16(15)18(20)25-12-8-6-4-2;/h2*9-10,13H,3-8,11-12H2,1-2H3,(H,21,22,23);/q;;+2/p-2. The Balaban J connectivity index is 0.00000100. The predicted molar refractivity (Wildman–Crippen MR) is 194 cm³/mol. The summed E-state index contributed by atoms with van der Waals surface area (Å²) < 4.78 is 87.7. The van der Waals surface area contributed by atoms with E-state index in [1.165, 1.54) is 0 Å². The van der Waals surface area contributed by atoms with Gasteiger partial charge in [-0.25, -0.2) is 36.0 Å². The third kappa shape index (κ3) is 19.5. The molecule has 0 aliphatic carbocycles. The van der Waals surface area contributed by atoms with Crippen molar-refractivity contribution in [2.75, 3.05) is 26.4 Å². The summed E-state index contributed by atoms with van der Waals surface area (Å²) in [6, 6.07) is 5.92. The van der Waals surface area contributed by atoms with E-state index in [-0.39, 0.29) is 86.4 Å². The monoisotopic (exact) mass is 810 g/mol. The molecule has 0 spiro atoms. The first-order chi connectivity index (χ1) is 24.6. The quantitative estimate of drug-likeness (QED) is 0.0426. The van der Waals surface area contributed by atoms with Crippen LogP contribution in [0, 0.1) is 0 Å². The molecule has 2 aromatic rings. The van der Waals surface area contributed by atoms with E-state index in [0.29, 0.717) is 25.7 Å². The molecule has 292 valence electrons. The van der Waals surface area contributed by atoms with Gasteiger partial charge in [0, 0.05) is 0 Å². The molecule has 0 bridgehead atoms. The first-order valence-corrected chi connectivity index (χ1v) is 20.3. The number of hydrogen-bond donors (Lipinski definition) is 0. The van der Waals surface area contributed by atoms with Gasteiger partial charge in [0.25, 0.3) is 0 Å². The summed E-state index contributed by atoms with van der Waals surface area (Å²) in [5.41, 5.74) is -0.790. The van der Waals surface area contributed by atoms with Gasteiger partial charge in [-0.05, 0) is 62.1 Å². The van der Waals surface area contributed by atoms with Crippen LogP contribution in [0.4, 0.5) is 0 Å². The van der Waals surface area contributed by atoms with E-state index >= 15 is 0 Å². The number of hydrogen-bond acceptors (Lipinski definition) is 14. The Morgan fingerprint density at radius 2 is 0.698 bits per heavy atom. The minimum atomic E-state index is -4.76. The normalized spacial score (nSPS) is 11.0. The number of carbonyl (C=O) groups excluding carboxylic acids is 4. The summed E-state index contributed by atoms with van der Waals surface area (Å²) in [4.78, 5) is 47.8. The minimum absolute atomic E-state index is 0. The second kappa shape index (κ2) is 27.1. The van der Waals surface area contributed by atoms with Crippen molar-refractivity contribution in [1.29, 1.82) is 0 Å². The Bertz CT molecular complexity index is 1550. The number of ether oxygens (including phenoxy) is 4. The summed E-state index contributed by atoms with van der Waals surface area (Å²) in [6.45, 7) is 8.69. The average Bonchev–Trinajstić information content (AvgIpc) is 3.11. The predicted octanol–water partition coefficient (Wildman–Crippen LogP) is 6.19. The van der Waals surface area contributed by atoms with Crippen LogP contribution in [0.3, 0.4) is 0 Å². The first kappa shape index (κ1) is 50.4. The Hall–Kier alpha value is -2.60. The van der Waals surface area contributed by atoms with Crippen molar-refractivity contribution in [3.05, 3.63) is 58.7 Å². The van der Waals surface area contributed by atoms with Gasteiger partial charge in [0.2, 0.25) is 0 Å². The second-order valence-corrected chi connectivity index (χ2v) is 14.5. The molecule has 14 nitrogen and oxygen atoms in total. The molecule has 2 rings (SSSR count). The Labute approximate surface area is 343 Å². The third-order valence-electron chi connectivity index (χ3n) is 7.36. The van der Waals surface area contributed by atoms with Crippen LogP contribution in [0.15, 0.2) is 46.2 Å². The van der Waals surface area contributed by atoms with Crippen LogP contribution in [0.25, 0.3) is 0 Å². The fourth-order valence-corrected chi connectivity index (χ4v) is 5.42. The maximum Gasteiger partial charge on any atom is 2.00 e. The van der Waals surface area contributed by atoms with Crippen molar-refractivity contribution < 1.29 is 64.1 Å². The van der Waals surface area contributed by atoms with Gasteiger partial charge in [-0.2, -0.15) is 0 Å². The molecule has 0 N–H and O–H groups in total. The van der Waals surface area contributed by atoms with Crippen molar-refractivity contribution in [2.45, 2.75) is 115 Å². The Morgan fingerprint density at radius 1 is 0.453 bits per heavy atom.